The van der Waals surface area contributed by atoms with Crippen LogP contribution in [0.1, 0.15) is 39.0 Å². The number of ether oxygens (including phenoxy) is 3. The highest BCUT2D eigenvalue weighted by molar-refractivity contribution is 9.10. The van der Waals surface area contributed by atoms with E-state index in [0.29, 0.717) is 34.1 Å². The SMILES string of the molecule is COc1ccc(C2C(C(=O)Nc3ccc(C)cc3Br)c3cc(OC)c(OC)cc3C(=O)N2C)cc1. The summed E-state index contributed by atoms with van der Waals surface area (Å²) in [4.78, 5) is 29.0. The van der Waals surface area contributed by atoms with Gasteiger partial charge < -0.3 is 24.4 Å². The fraction of sp³-hybridized carbons (Fsp3) is 0.259. The van der Waals surface area contributed by atoms with Gasteiger partial charge >= 0.3 is 0 Å². The molecule has 0 bridgehead atoms. The molecule has 1 N–H and O–H groups in total. The van der Waals surface area contributed by atoms with Gasteiger partial charge in [-0.05, 0) is 75.9 Å². The van der Waals surface area contributed by atoms with Crippen LogP contribution in [0.2, 0.25) is 0 Å². The average molecular weight is 539 g/mol. The zero-order valence-electron chi connectivity index (χ0n) is 20.2. The molecule has 182 valence electrons. The summed E-state index contributed by atoms with van der Waals surface area (Å²) in [5.41, 5.74) is 3.50. The Bertz CT molecular complexity index is 1280. The number of fused-ring (bicyclic) bond motifs is 1. The maximum absolute atomic E-state index is 13.9. The van der Waals surface area contributed by atoms with Crippen molar-refractivity contribution >= 4 is 33.4 Å². The van der Waals surface area contributed by atoms with E-state index in [2.05, 4.69) is 21.2 Å². The fourth-order valence-electron chi connectivity index (χ4n) is 4.48. The van der Waals surface area contributed by atoms with E-state index in [1.807, 2.05) is 49.4 Å². The van der Waals surface area contributed by atoms with Crippen molar-refractivity contribution in [2.75, 3.05) is 33.7 Å². The second kappa shape index (κ2) is 10.00. The quantitative estimate of drug-likeness (QED) is 0.458. The summed E-state index contributed by atoms with van der Waals surface area (Å²) in [5, 5.41) is 3.05. The number of halogens is 1. The normalized spacial score (nSPS) is 17.0. The van der Waals surface area contributed by atoms with Crippen LogP contribution in [-0.4, -0.2) is 45.1 Å². The van der Waals surface area contributed by atoms with Gasteiger partial charge in [0.1, 0.15) is 5.75 Å². The number of nitrogens with zero attached hydrogens (tertiary/aromatic N) is 1. The molecule has 1 heterocycles. The molecule has 1 aliphatic rings. The van der Waals surface area contributed by atoms with Crippen LogP contribution in [0.3, 0.4) is 0 Å². The van der Waals surface area contributed by atoms with Gasteiger partial charge in [0.25, 0.3) is 5.91 Å². The molecule has 0 fully saturated rings. The lowest BCUT2D eigenvalue weighted by Crippen LogP contribution is -2.44. The highest BCUT2D eigenvalue weighted by Crippen LogP contribution is 2.46. The van der Waals surface area contributed by atoms with Crippen LogP contribution in [0.5, 0.6) is 17.2 Å². The van der Waals surface area contributed by atoms with Crippen LogP contribution in [0.25, 0.3) is 0 Å². The molecule has 0 radical (unpaired) electrons. The lowest BCUT2D eigenvalue weighted by atomic mass is 9.79. The van der Waals surface area contributed by atoms with Crippen molar-refractivity contribution in [1.82, 2.24) is 4.90 Å². The molecule has 0 saturated carbocycles. The van der Waals surface area contributed by atoms with E-state index in [0.717, 1.165) is 15.6 Å². The molecule has 8 heteroatoms. The lowest BCUT2D eigenvalue weighted by molar-refractivity contribution is -0.119. The van der Waals surface area contributed by atoms with Gasteiger partial charge in [0, 0.05) is 17.1 Å². The van der Waals surface area contributed by atoms with Gasteiger partial charge in [0.15, 0.2) is 11.5 Å². The Morgan fingerprint density at radius 1 is 0.943 bits per heavy atom. The minimum absolute atomic E-state index is 0.206. The Kier molecular flexibility index (Phi) is 7.03. The number of benzene rings is 3. The number of hydrogen-bond acceptors (Lipinski definition) is 5. The summed E-state index contributed by atoms with van der Waals surface area (Å²) in [5.74, 6) is 0.400. The highest BCUT2D eigenvalue weighted by Gasteiger charge is 2.43. The topological polar surface area (TPSA) is 77.1 Å². The summed E-state index contributed by atoms with van der Waals surface area (Å²) < 4.78 is 17.0. The molecular weight excluding hydrogens is 512 g/mol. The number of hydrogen-bond donors (Lipinski definition) is 1. The smallest absolute Gasteiger partial charge is 0.254 e. The molecule has 0 aromatic heterocycles. The number of amides is 2. The lowest BCUT2D eigenvalue weighted by Gasteiger charge is -2.40. The minimum atomic E-state index is -0.714. The van der Waals surface area contributed by atoms with Crippen molar-refractivity contribution in [2.24, 2.45) is 0 Å². The molecular formula is C27H27BrN2O5. The van der Waals surface area contributed by atoms with Crippen LogP contribution < -0.4 is 19.5 Å². The van der Waals surface area contributed by atoms with Crippen molar-refractivity contribution in [3.63, 3.8) is 0 Å². The van der Waals surface area contributed by atoms with E-state index in [1.54, 1.807) is 31.2 Å². The zero-order valence-corrected chi connectivity index (χ0v) is 21.8. The molecule has 2 unspecified atom stereocenters. The third-order valence-corrected chi connectivity index (χ3v) is 6.95. The van der Waals surface area contributed by atoms with E-state index < -0.39 is 12.0 Å². The molecule has 0 aliphatic carbocycles. The zero-order chi connectivity index (χ0) is 25.3. The molecule has 2 atom stereocenters. The van der Waals surface area contributed by atoms with Crippen molar-refractivity contribution < 1.29 is 23.8 Å². The van der Waals surface area contributed by atoms with Gasteiger partial charge in [-0.1, -0.05) is 18.2 Å². The van der Waals surface area contributed by atoms with Crippen molar-refractivity contribution in [3.05, 3.63) is 81.3 Å². The van der Waals surface area contributed by atoms with E-state index in [9.17, 15) is 9.59 Å². The Hall–Kier alpha value is -3.52. The van der Waals surface area contributed by atoms with E-state index >= 15 is 0 Å². The second-order valence-electron chi connectivity index (χ2n) is 8.38. The van der Waals surface area contributed by atoms with Crippen molar-refractivity contribution in [2.45, 2.75) is 18.9 Å². The van der Waals surface area contributed by atoms with Gasteiger partial charge in [-0.25, -0.2) is 0 Å². The number of aryl methyl sites for hydroxylation is 1. The molecule has 2 amide bonds. The summed E-state index contributed by atoms with van der Waals surface area (Å²) in [6.07, 6.45) is 0. The summed E-state index contributed by atoms with van der Waals surface area (Å²) in [6, 6.07) is 15.9. The molecule has 0 saturated heterocycles. The second-order valence-corrected chi connectivity index (χ2v) is 9.23. The van der Waals surface area contributed by atoms with Gasteiger partial charge in [-0.3, -0.25) is 9.59 Å². The molecule has 3 aromatic carbocycles. The summed E-state index contributed by atoms with van der Waals surface area (Å²) in [7, 11) is 6.34. The van der Waals surface area contributed by atoms with E-state index in [-0.39, 0.29) is 11.8 Å². The van der Waals surface area contributed by atoms with Crippen LogP contribution in [0.4, 0.5) is 5.69 Å². The maximum Gasteiger partial charge on any atom is 0.254 e. The molecule has 4 rings (SSSR count). The van der Waals surface area contributed by atoms with Crippen LogP contribution in [0.15, 0.2) is 59.1 Å². The van der Waals surface area contributed by atoms with Gasteiger partial charge in [-0.15, -0.1) is 0 Å². The maximum atomic E-state index is 13.9. The first kappa shape index (κ1) is 24.6. The monoisotopic (exact) mass is 538 g/mol. The molecule has 3 aromatic rings. The predicted octanol–water partition coefficient (Wildman–Crippen LogP) is 5.33. The number of rotatable bonds is 6. The van der Waals surface area contributed by atoms with Gasteiger partial charge in [0.2, 0.25) is 5.91 Å². The van der Waals surface area contributed by atoms with Crippen LogP contribution in [-0.2, 0) is 4.79 Å². The Balaban J connectivity index is 1.87. The molecule has 7 nitrogen and oxygen atoms in total. The summed E-state index contributed by atoms with van der Waals surface area (Å²) in [6.45, 7) is 1.98. The minimum Gasteiger partial charge on any atom is -0.497 e. The standard InChI is InChI=1S/C27H27BrN2O5/c1-15-6-11-21(20(28)12-15)29-26(31)24-18-13-22(34-4)23(35-5)14-19(18)27(32)30(2)25(24)16-7-9-17(33-3)10-8-16/h6-14,24-25H,1-5H3,(H,29,31). The van der Waals surface area contributed by atoms with Gasteiger partial charge in [-0.2, -0.15) is 0 Å². The number of carbonyl (C=O) groups excluding carboxylic acids is 2. The number of nitrogens with one attached hydrogen (secondary N) is 1. The highest BCUT2D eigenvalue weighted by atomic mass is 79.9. The number of likely N-dealkylation sites (N-methyl/N-ethyl adjacent to an activating group) is 1. The number of carbonyl (C=O) groups is 2. The average Bonchev–Trinajstić information content (AvgIpc) is 2.86. The van der Waals surface area contributed by atoms with Gasteiger partial charge in [0.05, 0.1) is 39.0 Å². The first-order chi connectivity index (χ1) is 16.8. The van der Waals surface area contributed by atoms with Crippen LogP contribution >= 0.6 is 15.9 Å². The number of anilines is 1. The Labute approximate surface area is 213 Å². The van der Waals surface area contributed by atoms with E-state index in [1.165, 1.54) is 14.2 Å². The fourth-order valence-corrected chi connectivity index (χ4v) is 5.07. The van der Waals surface area contributed by atoms with Crippen molar-refractivity contribution in [3.8, 4) is 17.2 Å². The first-order valence-corrected chi connectivity index (χ1v) is 11.8. The molecule has 0 spiro atoms. The molecule has 35 heavy (non-hydrogen) atoms. The third-order valence-electron chi connectivity index (χ3n) is 6.30. The van der Waals surface area contributed by atoms with E-state index in [4.69, 9.17) is 14.2 Å². The third kappa shape index (κ3) is 4.58. The largest absolute Gasteiger partial charge is 0.497 e. The molecule has 1 aliphatic heterocycles. The summed E-state index contributed by atoms with van der Waals surface area (Å²) >= 11 is 3.54. The predicted molar refractivity (Wildman–Crippen MR) is 138 cm³/mol. The number of methoxy groups -OCH3 is 3. The van der Waals surface area contributed by atoms with Crippen LogP contribution in [0, 0.1) is 6.92 Å². The Morgan fingerprint density at radius 3 is 2.20 bits per heavy atom. The Morgan fingerprint density at radius 2 is 1.60 bits per heavy atom. The first-order valence-electron chi connectivity index (χ1n) is 11.0. The van der Waals surface area contributed by atoms with Crippen molar-refractivity contribution in [1.29, 1.82) is 0 Å².